The Labute approximate surface area is 71.1 Å². The van der Waals surface area contributed by atoms with Gasteiger partial charge in [0.25, 0.3) is 5.91 Å². The lowest BCUT2D eigenvalue weighted by atomic mass is 10.2. The van der Waals surface area contributed by atoms with Gasteiger partial charge in [-0.1, -0.05) is 5.16 Å². The second-order valence-electron chi connectivity index (χ2n) is 2.61. The van der Waals surface area contributed by atoms with Crippen LogP contribution in [-0.2, 0) is 0 Å². The number of nitrogens with zero attached hydrogens (tertiary/aromatic N) is 2. The van der Waals surface area contributed by atoms with E-state index in [2.05, 4.69) is 5.16 Å². The molecule has 1 aromatic heterocycles. The molecule has 4 heteroatoms. The number of aromatic nitrogens is 1. The minimum atomic E-state index is -0.0451. The minimum absolute atomic E-state index is 0.0451. The number of aryl methyl sites for hydroxylation is 1. The molecule has 12 heavy (non-hydrogen) atoms. The molecule has 0 aliphatic heterocycles. The van der Waals surface area contributed by atoms with E-state index in [4.69, 9.17) is 4.52 Å². The third-order valence-corrected chi connectivity index (χ3v) is 1.80. The lowest BCUT2D eigenvalue weighted by molar-refractivity contribution is 0.0800. The summed E-state index contributed by atoms with van der Waals surface area (Å²) in [4.78, 5) is 13.1. The molecule has 0 N–H and O–H groups in total. The zero-order valence-electron chi connectivity index (χ0n) is 7.50. The van der Waals surface area contributed by atoms with E-state index >= 15 is 0 Å². The number of carbonyl (C=O) groups excluding carboxylic acids is 1. The maximum atomic E-state index is 11.5. The van der Waals surface area contributed by atoms with Crippen LogP contribution in [0.4, 0.5) is 0 Å². The second kappa shape index (κ2) is 3.38. The maximum Gasteiger partial charge on any atom is 0.258 e. The number of rotatable bonds is 2. The molecule has 0 bridgehead atoms. The van der Waals surface area contributed by atoms with Crippen LogP contribution in [-0.4, -0.2) is 29.6 Å². The Morgan fingerprint density at radius 1 is 1.75 bits per heavy atom. The fraction of sp³-hybridized carbons (Fsp3) is 0.500. The highest BCUT2D eigenvalue weighted by molar-refractivity contribution is 5.94. The molecular formula is C8H12N2O2. The molecule has 0 saturated heterocycles. The molecule has 1 heterocycles. The van der Waals surface area contributed by atoms with Crippen LogP contribution in [0.3, 0.4) is 0 Å². The highest BCUT2D eigenvalue weighted by Gasteiger charge is 2.15. The summed E-state index contributed by atoms with van der Waals surface area (Å²) in [5.74, 6) is 0.525. The molecule has 0 radical (unpaired) electrons. The van der Waals surface area contributed by atoms with Crippen LogP contribution < -0.4 is 0 Å². The molecule has 0 spiro atoms. The van der Waals surface area contributed by atoms with Gasteiger partial charge >= 0.3 is 0 Å². The number of hydrogen-bond donors (Lipinski definition) is 0. The molecule has 1 rings (SSSR count). The van der Waals surface area contributed by atoms with Gasteiger partial charge in [-0.05, 0) is 13.8 Å². The van der Waals surface area contributed by atoms with Crippen molar-refractivity contribution in [3.8, 4) is 0 Å². The lowest BCUT2D eigenvalue weighted by Crippen LogP contribution is -2.26. The van der Waals surface area contributed by atoms with Gasteiger partial charge in [0.1, 0.15) is 11.3 Å². The number of amides is 1. The quantitative estimate of drug-likeness (QED) is 0.663. The molecule has 0 aliphatic carbocycles. The number of carbonyl (C=O) groups is 1. The Bertz CT molecular complexity index is 280. The lowest BCUT2D eigenvalue weighted by Gasteiger charge is -2.12. The third kappa shape index (κ3) is 1.47. The first kappa shape index (κ1) is 8.77. The Morgan fingerprint density at radius 3 is 2.83 bits per heavy atom. The fourth-order valence-corrected chi connectivity index (χ4v) is 0.853. The molecule has 0 atom stereocenters. The predicted octanol–water partition coefficient (Wildman–Crippen LogP) is 1.07. The second-order valence-corrected chi connectivity index (χ2v) is 2.61. The minimum Gasteiger partial charge on any atom is -0.361 e. The van der Waals surface area contributed by atoms with Gasteiger partial charge in [0, 0.05) is 13.6 Å². The topological polar surface area (TPSA) is 46.3 Å². The van der Waals surface area contributed by atoms with Gasteiger partial charge in [-0.25, -0.2) is 0 Å². The van der Waals surface area contributed by atoms with Gasteiger partial charge in [-0.15, -0.1) is 0 Å². The van der Waals surface area contributed by atoms with Gasteiger partial charge in [0.2, 0.25) is 0 Å². The summed E-state index contributed by atoms with van der Waals surface area (Å²) in [5.41, 5.74) is 0.541. The van der Waals surface area contributed by atoms with E-state index in [0.717, 1.165) is 0 Å². The predicted molar refractivity (Wildman–Crippen MR) is 43.9 cm³/mol. The van der Waals surface area contributed by atoms with E-state index in [9.17, 15) is 4.79 Å². The zero-order chi connectivity index (χ0) is 9.14. The summed E-state index contributed by atoms with van der Waals surface area (Å²) in [6.45, 7) is 4.33. The molecule has 0 fully saturated rings. The summed E-state index contributed by atoms with van der Waals surface area (Å²) in [6.07, 6.45) is 1.45. The molecule has 66 valence electrons. The summed E-state index contributed by atoms with van der Waals surface area (Å²) >= 11 is 0. The van der Waals surface area contributed by atoms with Crippen LogP contribution in [0.1, 0.15) is 23.0 Å². The molecule has 0 aliphatic rings. The average molecular weight is 168 g/mol. The Hall–Kier alpha value is -1.32. The van der Waals surface area contributed by atoms with E-state index in [1.54, 1.807) is 18.9 Å². The summed E-state index contributed by atoms with van der Waals surface area (Å²) in [6, 6.07) is 0. The van der Waals surface area contributed by atoms with Crippen molar-refractivity contribution in [3.63, 3.8) is 0 Å². The average Bonchev–Trinajstić information content (AvgIpc) is 2.48. The first-order chi connectivity index (χ1) is 5.66. The SMILES string of the molecule is CCN(C)C(=O)c1cnoc1C. The largest absolute Gasteiger partial charge is 0.361 e. The molecule has 1 amide bonds. The van der Waals surface area contributed by atoms with E-state index < -0.39 is 0 Å². The van der Waals surface area contributed by atoms with Crippen molar-refractivity contribution in [2.45, 2.75) is 13.8 Å². The summed E-state index contributed by atoms with van der Waals surface area (Å²) < 4.78 is 4.78. The smallest absolute Gasteiger partial charge is 0.258 e. The summed E-state index contributed by atoms with van der Waals surface area (Å²) in [7, 11) is 1.74. The highest BCUT2D eigenvalue weighted by Crippen LogP contribution is 2.08. The first-order valence-corrected chi connectivity index (χ1v) is 3.83. The summed E-state index contributed by atoms with van der Waals surface area (Å²) in [5, 5.41) is 3.54. The van der Waals surface area contributed by atoms with E-state index in [1.165, 1.54) is 6.20 Å². The third-order valence-electron chi connectivity index (χ3n) is 1.80. The Kier molecular flexibility index (Phi) is 2.47. The van der Waals surface area contributed by atoms with Crippen molar-refractivity contribution < 1.29 is 9.32 Å². The van der Waals surface area contributed by atoms with Crippen molar-refractivity contribution >= 4 is 5.91 Å². The standard InChI is InChI=1S/C8H12N2O2/c1-4-10(3)8(11)7-5-9-12-6(7)2/h5H,4H2,1-3H3. The van der Waals surface area contributed by atoms with Crippen molar-refractivity contribution in [1.82, 2.24) is 10.1 Å². The van der Waals surface area contributed by atoms with Gasteiger partial charge in [0.15, 0.2) is 0 Å². The zero-order valence-corrected chi connectivity index (χ0v) is 7.50. The molecule has 0 aromatic carbocycles. The van der Waals surface area contributed by atoms with Crippen LogP contribution in [0.25, 0.3) is 0 Å². The normalized spacial score (nSPS) is 9.92. The van der Waals surface area contributed by atoms with Crippen LogP contribution in [0.15, 0.2) is 10.7 Å². The highest BCUT2D eigenvalue weighted by atomic mass is 16.5. The van der Waals surface area contributed by atoms with Gasteiger partial charge in [0.05, 0.1) is 6.20 Å². The molecule has 0 unspecified atom stereocenters. The van der Waals surface area contributed by atoms with Gasteiger partial charge in [-0.3, -0.25) is 4.79 Å². The molecule has 0 saturated carbocycles. The maximum absolute atomic E-state index is 11.5. The first-order valence-electron chi connectivity index (χ1n) is 3.83. The Morgan fingerprint density at radius 2 is 2.42 bits per heavy atom. The van der Waals surface area contributed by atoms with Crippen LogP contribution in [0.2, 0.25) is 0 Å². The molecule has 1 aromatic rings. The van der Waals surface area contributed by atoms with Crippen LogP contribution in [0, 0.1) is 6.92 Å². The monoisotopic (exact) mass is 168 g/mol. The van der Waals surface area contributed by atoms with Gasteiger partial charge in [-0.2, -0.15) is 0 Å². The van der Waals surface area contributed by atoms with Crippen LogP contribution >= 0.6 is 0 Å². The number of hydrogen-bond acceptors (Lipinski definition) is 3. The molecule has 4 nitrogen and oxygen atoms in total. The fourth-order valence-electron chi connectivity index (χ4n) is 0.853. The van der Waals surface area contributed by atoms with Crippen molar-refractivity contribution in [2.24, 2.45) is 0 Å². The van der Waals surface area contributed by atoms with Crippen molar-refractivity contribution in [3.05, 3.63) is 17.5 Å². The van der Waals surface area contributed by atoms with E-state index in [0.29, 0.717) is 17.9 Å². The van der Waals surface area contributed by atoms with E-state index in [1.807, 2.05) is 6.92 Å². The van der Waals surface area contributed by atoms with Crippen molar-refractivity contribution in [2.75, 3.05) is 13.6 Å². The molecular weight excluding hydrogens is 156 g/mol. The van der Waals surface area contributed by atoms with Crippen LogP contribution in [0.5, 0.6) is 0 Å². The van der Waals surface area contributed by atoms with Gasteiger partial charge < -0.3 is 9.42 Å². The van der Waals surface area contributed by atoms with Crippen molar-refractivity contribution in [1.29, 1.82) is 0 Å². The Balaban J connectivity index is 2.85. The van der Waals surface area contributed by atoms with E-state index in [-0.39, 0.29) is 5.91 Å².